The number of benzene rings is 3. The number of nitrogens with two attached hydrogens (primary N) is 1. The normalized spacial score (nSPS) is 10.4. The largest absolute Gasteiger partial charge is 0.492 e. The van der Waals surface area contributed by atoms with E-state index >= 15 is 0 Å². The van der Waals surface area contributed by atoms with E-state index in [1.165, 1.54) is 5.56 Å². The Labute approximate surface area is 143 Å². The quantitative estimate of drug-likeness (QED) is 0.703. The maximum Gasteiger partial charge on any atom is 0.119 e. The molecule has 3 rings (SSSR count). The molecule has 0 aliphatic rings. The molecule has 0 aliphatic heterocycles. The van der Waals surface area contributed by atoms with Gasteiger partial charge < -0.3 is 15.4 Å². The monoisotopic (exact) mass is 318 g/mol. The highest BCUT2D eigenvalue weighted by Crippen LogP contribution is 2.29. The van der Waals surface area contributed by atoms with E-state index in [0.29, 0.717) is 13.2 Å². The molecule has 0 fully saturated rings. The van der Waals surface area contributed by atoms with E-state index in [1.54, 1.807) is 0 Å². The molecule has 0 heterocycles. The average molecular weight is 318 g/mol. The Kier molecular flexibility index (Phi) is 5.48. The minimum atomic E-state index is 0.520. The van der Waals surface area contributed by atoms with Crippen molar-refractivity contribution < 1.29 is 4.74 Å². The van der Waals surface area contributed by atoms with Gasteiger partial charge in [0.05, 0.1) is 0 Å². The zero-order valence-electron chi connectivity index (χ0n) is 13.6. The number of rotatable bonds is 7. The highest BCUT2D eigenvalue weighted by atomic mass is 16.5. The molecule has 0 spiro atoms. The van der Waals surface area contributed by atoms with Crippen LogP contribution < -0.4 is 15.4 Å². The van der Waals surface area contributed by atoms with Gasteiger partial charge in [-0.05, 0) is 42.0 Å². The maximum atomic E-state index is 5.57. The summed E-state index contributed by atoms with van der Waals surface area (Å²) in [5, 5.41) is 0. The van der Waals surface area contributed by atoms with Crippen LogP contribution in [0.4, 0.5) is 11.4 Å². The van der Waals surface area contributed by atoms with Gasteiger partial charge in [-0.25, -0.2) is 0 Å². The number of anilines is 2. The number of para-hydroxylation sites is 1. The molecule has 24 heavy (non-hydrogen) atoms. The smallest absolute Gasteiger partial charge is 0.119 e. The van der Waals surface area contributed by atoms with Gasteiger partial charge in [-0.2, -0.15) is 0 Å². The molecule has 0 saturated heterocycles. The first-order valence-corrected chi connectivity index (χ1v) is 8.16. The predicted molar refractivity (Wildman–Crippen MR) is 99.7 cm³/mol. The fourth-order valence-corrected chi connectivity index (χ4v) is 2.60. The number of nitrogens with zero attached hydrogens (tertiary/aromatic N) is 1. The maximum absolute atomic E-state index is 5.57. The Balaban J connectivity index is 1.87. The van der Waals surface area contributed by atoms with Gasteiger partial charge in [-0.15, -0.1) is 0 Å². The van der Waals surface area contributed by atoms with Crippen LogP contribution >= 0.6 is 0 Å². The first-order chi connectivity index (χ1) is 11.9. The van der Waals surface area contributed by atoms with Crippen molar-refractivity contribution in [2.24, 2.45) is 5.73 Å². The van der Waals surface area contributed by atoms with E-state index in [1.807, 2.05) is 24.3 Å². The lowest BCUT2D eigenvalue weighted by Crippen LogP contribution is -2.16. The number of ether oxygens (including phenoxy) is 1. The van der Waals surface area contributed by atoms with Gasteiger partial charge in [0.1, 0.15) is 12.4 Å². The van der Waals surface area contributed by atoms with Gasteiger partial charge in [0, 0.05) is 24.5 Å². The predicted octanol–water partition coefficient (Wildman–Crippen LogP) is 4.36. The highest BCUT2D eigenvalue weighted by molar-refractivity contribution is 5.64. The molecular weight excluding hydrogens is 296 g/mol. The van der Waals surface area contributed by atoms with E-state index in [-0.39, 0.29) is 0 Å². The van der Waals surface area contributed by atoms with Crippen molar-refractivity contribution >= 4 is 11.4 Å². The third-order valence-electron chi connectivity index (χ3n) is 3.79. The molecule has 122 valence electrons. The second-order valence-electron chi connectivity index (χ2n) is 5.54. The molecule has 3 aromatic rings. The Morgan fingerprint density at radius 1 is 0.708 bits per heavy atom. The summed E-state index contributed by atoms with van der Waals surface area (Å²) in [7, 11) is 0. The van der Waals surface area contributed by atoms with Crippen molar-refractivity contribution in [3.63, 3.8) is 0 Å². The van der Waals surface area contributed by atoms with Gasteiger partial charge >= 0.3 is 0 Å². The van der Waals surface area contributed by atoms with Crippen LogP contribution in [0.5, 0.6) is 5.75 Å². The Bertz CT molecular complexity index is 727. The zero-order chi connectivity index (χ0) is 16.6. The standard InChI is InChI=1S/C21H22N2O/c22-15-16-24-21-13-11-20(12-14-21)23(19-9-5-2-6-10-19)17-18-7-3-1-4-8-18/h1-14H,15-17,22H2. The minimum absolute atomic E-state index is 0.520. The van der Waals surface area contributed by atoms with Crippen LogP contribution in [0.3, 0.4) is 0 Å². The molecule has 3 heteroatoms. The van der Waals surface area contributed by atoms with Crippen molar-refractivity contribution in [3.8, 4) is 5.75 Å². The lowest BCUT2D eigenvalue weighted by molar-refractivity contribution is 0.328. The molecule has 0 aliphatic carbocycles. The van der Waals surface area contributed by atoms with Crippen LogP contribution in [-0.4, -0.2) is 13.2 Å². The molecule has 2 N–H and O–H groups in total. The van der Waals surface area contributed by atoms with E-state index in [4.69, 9.17) is 10.5 Å². The molecule has 0 atom stereocenters. The van der Waals surface area contributed by atoms with Crippen LogP contribution in [0.15, 0.2) is 84.9 Å². The molecule has 0 unspecified atom stereocenters. The van der Waals surface area contributed by atoms with Crippen molar-refractivity contribution in [3.05, 3.63) is 90.5 Å². The Morgan fingerprint density at radius 3 is 1.92 bits per heavy atom. The second kappa shape index (κ2) is 8.18. The first kappa shape index (κ1) is 16.1. The zero-order valence-corrected chi connectivity index (χ0v) is 13.6. The third kappa shape index (κ3) is 4.15. The van der Waals surface area contributed by atoms with Gasteiger partial charge in [-0.3, -0.25) is 0 Å². The molecule has 0 bridgehead atoms. The van der Waals surface area contributed by atoms with E-state index in [2.05, 4.69) is 65.6 Å². The summed E-state index contributed by atoms with van der Waals surface area (Å²) >= 11 is 0. The number of hydrogen-bond acceptors (Lipinski definition) is 3. The molecular formula is C21H22N2O. The molecule has 0 aromatic heterocycles. The summed E-state index contributed by atoms with van der Waals surface area (Å²) in [5.74, 6) is 0.844. The topological polar surface area (TPSA) is 38.5 Å². The van der Waals surface area contributed by atoms with E-state index in [9.17, 15) is 0 Å². The van der Waals surface area contributed by atoms with Gasteiger partial charge in [0.2, 0.25) is 0 Å². The van der Waals surface area contributed by atoms with Crippen LogP contribution in [0.2, 0.25) is 0 Å². The lowest BCUT2D eigenvalue weighted by atomic mass is 10.1. The van der Waals surface area contributed by atoms with Crippen LogP contribution in [0, 0.1) is 0 Å². The molecule has 0 amide bonds. The SMILES string of the molecule is NCCOc1ccc(N(Cc2ccccc2)c2ccccc2)cc1. The van der Waals surface area contributed by atoms with Gasteiger partial charge in [0.15, 0.2) is 0 Å². The number of hydrogen-bond donors (Lipinski definition) is 1. The summed E-state index contributed by atoms with van der Waals surface area (Å²) in [5.41, 5.74) is 9.05. The second-order valence-corrected chi connectivity index (χ2v) is 5.54. The fourth-order valence-electron chi connectivity index (χ4n) is 2.60. The van der Waals surface area contributed by atoms with Crippen molar-refractivity contribution in [2.75, 3.05) is 18.1 Å². The van der Waals surface area contributed by atoms with Crippen molar-refractivity contribution in [1.29, 1.82) is 0 Å². The highest BCUT2D eigenvalue weighted by Gasteiger charge is 2.10. The lowest BCUT2D eigenvalue weighted by Gasteiger charge is -2.25. The Morgan fingerprint density at radius 2 is 1.29 bits per heavy atom. The molecule has 0 radical (unpaired) electrons. The minimum Gasteiger partial charge on any atom is -0.492 e. The molecule has 3 nitrogen and oxygen atoms in total. The van der Waals surface area contributed by atoms with Gasteiger partial charge in [-0.1, -0.05) is 48.5 Å². The van der Waals surface area contributed by atoms with Crippen LogP contribution in [0.25, 0.3) is 0 Å². The average Bonchev–Trinajstić information content (AvgIpc) is 2.66. The summed E-state index contributed by atoms with van der Waals surface area (Å²) in [4.78, 5) is 2.29. The fraction of sp³-hybridized carbons (Fsp3) is 0.143. The Hall–Kier alpha value is -2.78. The summed E-state index contributed by atoms with van der Waals surface area (Å²) < 4.78 is 5.57. The van der Waals surface area contributed by atoms with Crippen LogP contribution in [0.1, 0.15) is 5.56 Å². The van der Waals surface area contributed by atoms with E-state index < -0.39 is 0 Å². The van der Waals surface area contributed by atoms with Gasteiger partial charge in [0.25, 0.3) is 0 Å². The van der Waals surface area contributed by atoms with Crippen LogP contribution in [-0.2, 0) is 6.54 Å². The first-order valence-electron chi connectivity index (χ1n) is 8.16. The summed E-state index contributed by atoms with van der Waals surface area (Å²) in [6.45, 7) is 1.87. The van der Waals surface area contributed by atoms with Crippen molar-refractivity contribution in [2.45, 2.75) is 6.54 Å². The molecule has 0 saturated carbocycles. The summed E-state index contributed by atoms with van der Waals surface area (Å²) in [6.07, 6.45) is 0. The van der Waals surface area contributed by atoms with E-state index in [0.717, 1.165) is 23.7 Å². The molecule has 3 aromatic carbocycles. The summed E-state index contributed by atoms with van der Waals surface area (Å²) in [6, 6.07) is 29.0. The van der Waals surface area contributed by atoms with Crippen molar-refractivity contribution in [1.82, 2.24) is 0 Å². The third-order valence-corrected chi connectivity index (χ3v) is 3.79.